The average molecular weight is 361 g/mol. The minimum atomic E-state index is -3.82. The van der Waals surface area contributed by atoms with Gasteiger partial charge in [-0.3, -0.25) is 9.59 Å². The predicted molar refractivity (Wildman–Crippen MR) is 83.6 cm³/mol. The first-order valence-corrected chi connectivity index (χ1v) is 9.56. The van der Waals surface area contributed by atoms with E-state index in [0.717, 1.165) is 11.3 Å². The third kappa shape index (κ3) is 2.68. The van der Waals surface area contributed by atoms with Crippen molar-refractivity contribution in [3.63, 3.8) is 0 Å². The highest BCUT2D eigenvalue weighted by atomic mass is 32.2. The third-order valence-corrected chi connectivity index (χ3v) is 7.72. The van der Waals surface area contributed by atoms with Gasteiger partial charge in [-0.1, -0.05) is 13.3 Å². The number of carbonyl (C=O) groups excluding carboxylic acids is 2. The minimum Gasteiger partial charge on any atom is -0.480 e. The summed E-state index contributed by atoms with van der Waals surface area (Å²) >= 11 is 0. The van der Waals surface area contributed by atoms with E-state index >= 15 is 0 Å². The second kappa shape index (κ2) is 6.34. The van der Waals surface area contributed by atoms with Crippen LogP contribution in [0.5, 0.6) is 0 Å². The normalized spacial score (nSPS) is 29.7. The van der Waals surface area contributed by atoms with Gasteiger partial charge in [-0.2, -0.15) is 0 Å². The molecule has 2 aliphatic rings. The van der Waals surface area contributed by atoms with Crippen LogP contribution in [0.3, 0.4) is 0 Å². The van der Waals surface area contributed by atoms with Crippen molar-refractivity contribution in [1.29, 1.82) is 0 Å². The van der Waals surface area contributed by atoms with E-state index in [0.29, 0.717) is 6.42 Å². The molecule has 0 aromatic rings. The van der Waals surface area contributed by atoms with E-state index in [2.05, 4.69) is 0 Å². The molecule has 3 atom stereocenters. The summed E-state index contributed by atoms with van der Waals surface area (Å²) in [5.41, 5.74) is 0. The van der Waals surface area contributed by atoms with E-state index in [9.17, 15) is 27.9 Å². The van der Waals surface area contributed by atoms with E-state index in [4.69, 9.17) is 4.74 Å². The molecule has 8 nitrogen and oxygen atoms in total. The molecule has 0 aromatic heterocycles. The van der Waals surface area contributed by atoms with Gasteiger partial charge in [-0.05, 0) is 26.7 Å². The maximum atomic E-state index is 12.6. The Hall–Kier alpha value is -1.64. The molecule has 2 aliphatic heterocycles. The molecule has 0 bridgehead atoms. The molecular weight excluding hydrogens is 338 g/mol. The minimum absolute atomic E-state index is 0.0447. The summed E-state index contributed by atoms with van der Waals surface area (Å²) in [5.74, 6) is -3.06. The Morgan fingerprint density at radius 2 is 1.96 bits per heavy atom. The Labute approximate surface area is 141 Å². The molecule has 0 saturated carbocycles. The van der Waals surface area contributed by atoms with Gasteiger partial charge in [-0.25, -0.2) is 13.2 Å². The molecule has 24 heavy (non-hydrogen) atoms. The number of ether oxygens (including phenoxy) is 1. The lowest BCUT2D eigenvalue weighted by molar-refractivity contribution is -0.165. The number of nitrogens with zero attached hydrogens (tertiary/aromatic N) is 1. The fraction of sp³-hybridized carbons (Fsp3) is 0.800. The zero-order valence-corrected chi connectivity index (χ0v) is 14.8. The number of rotatable bonds is 7. The maximum Gasteiger partial charge on any atom is 0.328 e. The van der Waals surface area contributed by atoms with Crippen molar-refractivity contribution in [2.75, 3.05) is 6.61 Å². The van der Waals surface area contributed by atoms with E-state index in [1.807, 2.05) is 6.92 Å². The third-order valence-electron chi connectivity index (χ3n) is 4.84. The lowest BCUT2D eigenvalue weighted by Crippen LogP contribution is -2.63. The lowest BCUT2D eigenvalue weighted by Gasteiger charge is -2.42. The zero-order valence-electron chi connectivity index (χ0n) is 14.0. The number of aliphatic carboxylic acids is 1. The Bertz CT molecular complexity index is 655. The number of fused-ring (bicyclic) bond motifs is 1. The summed E-state index contributed by atoms with van der Waals surface area (Å²) in [6, 6.07) is -1.39. The first-order valence-electron chi connectivity index (χ1n) is 8.01. The van der Waals surface area contributed by atoms with Gasteiger partial charge in [-0.15, -0.1) is 0 Å². The summed E-state index contributed by atoms with van der Waals surface area (Å²) < 4.78 is 28.7. The van der Waals surface area contributed by atoms with Gasteiger partial charge >= 0.3 is 11.9 Å². The van der Waals surface area contributed by atoms with Gasteiger partial charge in [0.2, 0.25) is 5.91 Å². The summed E-state index contributed by atoms with van der Waals surface area (Å²) in [4.78, 5) is 36.1. The molecule has 2 saturated heterocycles. The number of hydrogen-bond donors (Lipinski definition) is 1. The van der Waals surface area contributed by atoms with Crippen LogP contribution in [0.25, 0.3) is 0 Å². The first kappa shape index (κ1) is 18.7. The van der Waals surface area contributed by atoms with E-state index in [1.165, 1.54) is 13.8 Å². The molecule has 2 rings (SSSR count). The van der Waals surface area contributed by atoms with Gasteiger partial charge < -0.3 is 14.7 Å². The number of carboxylic acids is 1. The van der Waals surface area contributed by atoms with Gasteiger partial charge in [0.15, 0.2) is 9.84 Å². The molecule has 1 amide bonds. The smallest absolute Gasteiger partial charge is 0.328 e. The number of amides is 1. The topological polar surface area (TPSA) is 118 Å². The van der Waals surface area contributed by atoms with E-state index < -0.39 is 43.8 Å². The van der Waals surface area contributed by atoms with Crippen molar-refractivity contribution in [2.45, 2.75) is 62.6 Å². The number of carboxylic acid groups (broad SMARTS) is 1. The maximum absolute atomic E-state index is 12.6. The van der Waals surface area contributed by atoms with Crippen LogP contribution in [0, 0.1) is 5.92 Å². The number of esters is 1. The second-order valence-electron chi connectivity index (χ2n) is 6.74. The quantitative estimate of drug-likeness (QED) is 0.520. The van der Waals surface area contributed by atoms with Crippen molar-refractivity contribution < 1.29 is 32.6 Å². The number of sulfone groups is 1. The molecule has 0 aliphatic carbocycles. The second-order valence-corrected chi connectivity index (χ2v) is 9.37. The summed E-state index contributed by atoms with van der Waals surface area (Å²) in [6.07, 6.45) is 1.94. The molecule has 9 heteroatoms. The fourth-order valence-corrected chi connectivity index (χ4v) is 5.73. The molecule has 2 fully saturated rings. The van der Waals surface area contributed by atoms with Gasteiger partial charge in [0, 0.05) is 6.42 Å². The number of unbranched alkanes of at least 4 members (excludes halogenated alkanes) is 1. The molecule has 136 valence electrons. The van der Waals surface area contributed by atoms with Crippen LogP contribution in [-0.2, 0) is 29.0 Å². The molecule has 0 radical (unpaired) electrons. The SMILES string of the molecule is CCCCC(=O)OCC[C@H]1C(=O)N2[C@@H](C(=O)O)C(C)(C)S(=O)(=O)[C@H]12. The fourth-order valence-electron chi connectivity index (χ4n) is 3.37. The van der Waals surface area contributed by atoms with Crippen LogP contribution in [-0.4, -0.2) is 59.0 Å². The van der Waals surface area contributed by atoms with Crippen LogP contribution >= 0.6 is 0 Å². The zero-order chi connectivity index (χ0) is 18.3. The standard InChI is InChI=1S/C15H23NO7S/c1-4-5-6-10(17)23-8-7-9-12(18)16-11(14(19)20)15(2,3)24(21,22)13(9)16/h9,11,13H,4-8H2,1-3H3,(H,19,20)/t9-,11-,13+/m0/s1. The highest BCUT2D eigenvalue weighted by Crippen LogP contribution is 2.49. The molecule has 0 unspecified atom stereocenters. The van der Waals surface area contributed by atoms with Crippen LogP contribution < -0.4 is 0 Å². The van der Waals surface area contributed by atoms with Crippen LogP contribution in [0.1, 0.15) is 46.5 Å². The van der Waals surface area contributed by atoms with Gasteiger partial charge in [0.1, 0.15) is 11.4 Å². The summed E-state index contributed by atoms with van der Waals surface area (Å²) in [5, 5.41) is 8.17. The van der Waals surface area contributed by atoms with Crippen molar-refractivity contribution in [1.82, 2.24) is 4.90 Å². The Kier molecular flexibility index (Phi) is 4.94. The van der Waals surface area contributed by atoms with Crippen LogP contribution in [0.2, 0.25) is 0 Å². The monoisotopic (exact) mass is 361 g/mol. The van der Waals surface area contributed by atoms with Crippen molar-refractivity contribution >= 4 is 27.7 Å². The number of carbonyl (C=O) groups is 3. The highest BCUT2D eigenvalue weighted by molar-refractivity contribution is 7.93. The number of hydrogen-bond acceptors (Lipinski definition) is 6. The first-order chi connectivity index (χ1) is 11.1. The van der Waals surface area contributed by atoms with Crippen LogP contribution in [0.4, 0.5) is 0 Å². The van der Waals surface area contributed by atoms with Gasteiger partial charge in [0.25, 0.3) is 0 Å². The van der Waals surface area contributed by atoms with Crippen molar-refractivity contribution in [3.05, 3.63) is 0 Å². The van der Waals surface area contributed by atoms with E-state index in [-0.39, 0.29) is 25.4 Å². The average Bonchev–Trinajstić information content (AvgIpc) is 2.63. The molecule has 2 heterocycles. The molecule has 0 spiro atoms. The predicted octanol–water partition coefficient (Wildman–Crippen LogP) is 0.555. The van der Waals surface area contributed by atoms with Crippen LogP contribution in [0.15, 0.2) is 0 Å². The highest BCUT2D eigenvalue weighted by Gasteiger charge is 2.71. The van der Waals surface area contributed by atoms with Crippen molar-refractivity contribution in [2.24, 2.45) is 5.92 Å². The Balaban J connectivity index is 2.05. The lowest BCUT2D eigenvalue weighted by atomic mass is 9.90. The summed E-state index contributed by atoms with van der Waals surface area (Å²) in [6.45, 7) is 4.56. The largest absolute Gasteiger partial charge is 0.480 e. The van der Waals surface area contributed by atoms with Gasteiger partial charge in [0.05, 0.1) is 17.3 Å². The van der Waals surface area contributed by atoms with Crippen molar-refractivity contribution in [3.8, 4) is 0 Å². The Morgan fingerprint density at radius 1 is 1.33 bits per heavy atom. The summed E-state index contributed by atoms with van der Waals surface area (Å²) in [7, 11) is -3.82. The molecule has 1 N–H and O–H groups in total. The number of β-lactam (4-membered cyclic amide) rings is 1. The molecule has 0 aromatic carbocycles. The van der Waals surface area contributed by atoms with E-state index in [1.54, 1.807) is 0 Å². The molecular formula is C15H23NO7S. The Morgan fingerprint density at radius 3 is 2.50 bits per heavy atom.